The van der Waals surface area contributed by atoms with Crippen molar-refractivity contribution in [2.45, 2.75) is 84.1 Å². The Bertz CT molecular complexity index is 1900. The minimum absolute atomic E-state index is 0.000146. The Hall–Kier alpha value is -4.93. The Morgan fingerprint density at radius 2 is 1.96 bits per heavy atom. The number of carbonyl (C=O) groups is 1. The first-order valence-corrected chi connectivity index (χ1v) is 17.9. The topological polar surface area (TPSA) is 231 Å². The number of nitriles is 1. The highest BCUT2D eigenvalue weighted by Gasteiger charge is 2.43. The predicted molar refractivity (Wildman–Crippen MR) is 189 cm³/mol. The maximum absolute atomic E-state index is 13.0. The fourth-order valence-corrected chi connectivity index (χ4v) is 7.47. The fourth-order valence-electron chi connectivity index (χ4n) is 5.71. The summed E-state index contributed by atoms with van der Waals surface area (Å²) in [6, 6.07) is 4.68. The SMILES string of the molecule is CC(OC(=O)OCC1OC(n2ncc3c(=O)[nH]c(/N=C/N(C)C)nc32)CC1OP(OCCC#N)N(C(C)C)C(C)C)c1cc2c(cc1[N+](=O)[O-])OCO2. The molecule has 1 fully saturated rings. The molecule has 1 N–H and O–H groups in total. The Kier molecular flexibility index (Phi) is 12.8. The van der Waals surface area contributed by atoms with E-state index in [9.17, 15) is 25.0 Å². The number of H-pyrrole nitrogens is 1. The van der Waals surface area contributed by atoms with Gasteiger partial charge in [0.2, 0.25) is 12.7 Å². The van der Waals surface area contributed by atoms with Crippen LogP contribution in [0.15, 0.2) is 28.1 Å². The zero-order valence-corrected chi connectivity index (χ0v) is 31.2. The molecule has 286 valence electrons. The number of aromatic nitrogens is 4. The summed E-state index contributed by atoms with van der Waals surface area (Å²) < 4.78 is 44.2. The summed E-state index contributed by atoms with van der Waals surface area (Å²) in [7, 11) is 1.80. The van der Waals surface area contributed by atoms with E-state index >= 15 is 0 Å². The van der Waals surface area contributed by atoms with Crippen LogP contribution in [0.25, 0.3) is 11.0 Å². The number of fused-ring (bicyclic) bond motifs is 2. The standard InChI is InChI=1S/C32H42N9O11P/c1-18(2)40(19(3)4)53(49-10-8-9-33)52-26-13-28(39-29-22(14-35-39)30(42)37-31(36-29)34-16-38(6)7)51-27(26)15-46-32(43)50-20(5)21-11-24-25(48-17-47-24)12-23(21)41(44)45/h11-12,14,16,18-20,26-28H,8,10,13,15,17H2,1-7H3,(H,36,37,42)/b34-16+. The van der Waals surface area contributed by atoms with E-state index in [0.29, 0.717) is 0 Å². The monoisotopic (exact) mass is 759 g/mol. The van der Waals surface area contributed by atoms with Gasteiger partial charge in [0.05, 0.1) is 54.3 Å². The summed E-state index contributed by atoms with van der Waals surface area (Å²) in [5, 5.41) is 25.6. The third kappa shape index (κ3) is 9.36. The first-order chi connectivity index (χ1) is 25.3. The Morgan fingerprint density at radius 1 is 1.25 bits per heavy atom. The lowest BCUT2D eigenvalue weighted by Gasteiger charge is -2.37. The normalized spacial score (nSPS) is 19.3. The van der Waals surface area contributed by atoms with Gasteiger partial charge in [0.15, 0.2) is 23.4 Å². The third-order valence-corrected chi connectivity index (χ3v) is 10.2. The summed E-state index contributed by atoms with van der Waals surface area (Å²) in [6.07, 6.45) is -1.52. The molecule has 0 amide bonds. The van der Waals surface area contributed by atoms with Crippen LogP contribution in [-0.2, 0) is 23.3 Å². The van der Waals surface area contributed by atoms with E-state index in [4.69, 9.17) is 32.7 Å². The van der Waals surface area contributed by atoms with E-state index < -0.39 is 49.7 Å². The largest absolute Gasteiger partial charge is 0.508 e. The maximum Gasteiger partial charge on any atom is 0.508 e. The molecule has 2 aromatic heterocycles. The van der Waals surface area contributed by atoms with Crippen molar-refractivity contribution in [2.75, 3.05) is 34.1 Å². The van der Waals surface area contributed by atoms with Crippen LogP contribution in [0.3, 0.4) is 0 Å². The molecule has 0 bridgehead atoms. The Balaban J connectivity index is 1.39. The van der Waals surface area contributed by atoms with Crippen LogP contribution in [-0.4, -0.2) is 105 Å². The molecular weight excluding hydrogens is 717 g/mol. The molecule has 5 atom stereocenters. The summed E-state index contributed by atoms with van der Waals surface area (Å²) >= 11 is 0. The Labute approximate surface area is 305 Å². The maximum atomic E-state index is 13.0. The zero-order valence-electron chi connectivity index (χ0n) is 30.3. The van der Waals surface area contributed by atoms with Crippen molar-refractivity contribution in [3.05, 3.63) is 44.4 Å². The van der Waals surface area contributed by atoms with Gasteiger partial charge < -0.3 is 37.6 Å². The average molecular weight is 760 g/mol. The molecule has 2 aliphatic rings. The second kappa shape index (κ2) is 17.3. The lowest BCUT2D eigenvalue weighted by atomic mass is 10.1. The first kappa shape index (κ1) is 39.3. The van der Waals surface area contributed by atoms with Crippen LogP contribution < -0.4 is 15.0 Å². The van der Waals surface area contributed by atoms with Gasteiger partial charge in [-0.05, 0) is 40.7 Å². The molecule has 53 heavy (non-hydrogen) atoms. The predicted octanol–water partition coefficient (Wildman–Crippen LogP) is 4.84. The number of nitrogens with zero attached hydrogens (tertiary/aromatic N) is 8. The number of rotatable bonds is 16. The first-order valence-electron chi connectivity index (χ1n) is 16.8. The summed E-state index contributed by atoms with van der Waals surface area (Å²) in [5.41, 5.74) is -0.470. The van der Waals surface area contributed by atoms with E-state index in [1.807, 2.05) is 32.4 Å². The van der Waals surface area contributed by atoms with Crippen LogP contribution in [0.5, 0.6) is 11.5 Å². The molecule has 1 aromatic carbocycles. The van der Waals surface area contributed by atoms with Gasteiger partial charge in [-0.15, -0.1) is 0 Å². The van der Waals surface area contributed by atoms with Gasteiger partial charge in [0.25, 0.3) is 19.8 Å². The molecule has 2 aliphatic heterocycles. The molecule has 0 saturated carbocycles. The van der Waals surface area contributed by atoms with Gasteiger partial charge in [-0.1, -0.05) is 0 Å². The minimum atomic E-state index is -1.75. The molecular formula is C32H42N9O11P. The van der Waals surface area contributed by atoms with Gasteiger partial charge >= 0.3 is 6.16 Å². The van der Waals surface area contributed by atoms with Crippen LogP contribution in [0.2, 0.25) is 0 Å². The van der Waals surface area contributed by atoms with Crippen molar-refractivity contribution in [3.63, 3.8) is 0 Å². The van der Waals surface area contributed by atoms with E-state index in [0.717, 1.165) is 0 Å². The second-order valence-electron chi connectivity index (χ2n) is 12.8. The minimum Gasteiger partial charge on any atom is -0.454 e. The zero-order chi connectivity index (χ0) is 38.4. The lowest BCUT2D eigenvalue weighted by molar-refractivity contribution is -0.386. The fraction of sp³-hybridized carbons (Fsp3) is 0.562. The summed E-state index contributed by atoms with van der Waals surface area (Å²) in [6.45, 7) is 9.13. The number of nitro benzene ring substituents is 1. The quantitative estimate of drug-likeness (QED) is 0.0391. The Morgan fingerprint density at radius 3 is 2.62 bits per heavy atom. The summed E-state index contributed by atoms with van der Waals surface area (Å²) in [4.78, 5) is 50.1. The second-order valence-corrected chi connectivity index (χ2v) is 14.2. The van der Waals surface area contributed by atoms with Crippen molar-refractivity contribution in [1.29, 1.82) is 5.26 Å². The van der Waals surface area contributed by atoms with Gasteiger partial charge in [-0.25, -0.2) is 19.1 Å². The highest BCUT2D eigenvalue weighted by atomic mass is 31.2. The van der Waals surface area contributed by atoms with E-state index in [1.165, 1.54) is 36.3 Å². The third-order valence-electron chi connectivity index (χ3n) is 8.00. The van der Waals surface area contributed by atoms with Gasteiger partial charge in [-0.3, -0.25) is 19.9 Å². The molecule has 0 radical (unpaired) electrons. The molecule has 3 aromatic rings. The van der Waals surface area contributed by atoms with Crippen molar-refractivity contribution in [2.24, 2.45) is 4.99 Å². The molecule has 21 heteroatoms. The van der Waals surface area contributed by atoms with Crippen molar-refractivity contribution < 1.29 is 42.4 Å². The molecule has 0 aliphatic carbocycles. The summed E-state index contributed by atoms with van der Waals surface area (Å²) in [5.74, 6) is 0.549. The number of hydrogen-bond donors (Lipinski definition) is 1. The molecule has 20 nitrogen and oxygen atoms in total. The smallest absolute Gasteiger partial charge is 0.454 e. The van der Waals surface area contributed by atoms with Crippen molar-refractivity contribution in [3.8, 4) is 17.6 Å². The number of nitrogens with one attached hydrogen (secondary N) is 1. The van der Waals surface area contributed by atoms with Gasteiger partial charge in [0.1, 0.15) is 24.2 Å². The number of aromatic amines is 1. The van der Waals surface area contributed by atoms with Gasteiger partial charge in [-0.2, -0.15) is 15.3 Å². The van der Waals surface area contributed by atoms with E-state index in [2.05, 4.69) is 26.1 Å². The van der Waals surface area contributed by atoms with Crippen molar-refractivity contribution >= 4 is 43.7 Å². The molecule has 5 rings (SSSR count). The highest BCUT2D eigenvalue weighted by molar-refractivity contribution is 7.44. The number of aliphatic imine (C=N–C) groups is 1. The van der Waals surface area contributed by atoms with Crippen LogP contribution >= 0.6 is 8.53 Å². The van der Waals surface area contributed by atoms with Crippen molar-refractivity contribution in [1.82, 2.24) is 29.3 Å². The number of hydrogen-bond acceptors (Lipinski definition) is 16. The number of ether oxygens (including phenoxy) is 5. The highest BCUT2D eigenvalue weighted by Crippen LogP contribution is 2.50. The molecule has 0 spiro atoms. The average Bonchev–Trinajstić information content (AvgIpc) is 3.84. The van der Waals surface area contributed by atoms with E-state index in [-0.39, 0.29) is 84.7 Å². The number of nitro groups is 1. The number of benzene rings is 1. The lowest BCUT2D eigenvalue weighted by Crippen LogP contribution is -2.37. The van der Waals surface area contributed by atoms with Crippen LogP contribution in [0, 0.1) is 21.4 Å². The van der Waals surface area contributed by atoms with Crippen LogP contribution in [0.1, 0.15) is 65.4 Å². The van der Waals surface area contributed by atoms with Gasteiger partial charge in [0, 0.05) is 32.6 Å². The molecule has 4 heterocycles. The number of carbonyl (C=O) groups excluding carboxylic acids is 1. The van der Waals surface area contributed by atoms with Crippen LogP contribution in [0.4, 0.5) is 16.4 Å². The molecule has 1 saturated heterocycles. The van der Waals surface area contributed by atoms with E-state index in [1.54, 1.807) is 19.0 Å². The molecule has 5 unspecified atom stereocenters.